The Hall–Kier alpha value is -2.34. The number of nitrogens with one attached hydrogen (secondary N) is 4. The van der Waals surface area contributed by atoms with Crippen molar-refractivity contribution < 1.29 is 19.3 Å². The Labute approximate surface area is 196 Å². The first-order valence-electron chi connectivity index (χ1n) is 10.3. The minimum Gasteiger partial charge on any atom is -0.497 e. The van der Waals surface area contributed by atoms with Crippen LogP contribution in [0.3, 0.4) is 0 Å². The molecular weight excluding hydrogens is 444 g/mol. The van der Waals surface area contributed by atoms with Crippen molar-refractivity contribution >= 4 is 33.0 Å². The number of methoxy groups -OCH3 is 2. The fraction of sp³-hybridized carbons (Fsp3) is 0.273. The number of nitrogens with two attached hydrogens (primary N) is 2. The van der Waals surface area contributed by atoms with Gasteiger partial charge in [0, 0.05) is 32.7 Å². The van der Waals surface area contributed by atoms with Crippen LogP contribution in [0.15, 0.2) is 58.6 Å². The van der Waals surface area contributed by atoms with Gasteiger partial charge in [-0.05, 0) is 48.5 Å². The second kappa shape index (κ2) is 9.65. The first-order valence-corrected chi connectivity index (χ1v) is 12.4. The zero-order valence-corrected chi connectivity index (χ0v) is 20.2. The van der Waals surface area contributed by atoms with E-state index in [4.69, 9.17) is 20.9 Å². The van der Waals surface area contributed by atoms with Gasteiger partial charge in [0.15, 0.2) is 0 Å². The Bertz CT molecular complexity index is 942. The van der Waals surface area contributed by atoms with Gasteiger partial charge in [0.05, 0.1) is 28.3 Å². The lowest BCUT2D eigenvalue weighted by Crippen LogP contribution is -3.13. The lowest BCUT2D eigenvalue weighted by molar-refractivity contribution is -0.854. The summed E-state index contributed by atoms with van der Waals surface area (Å²) in [7, 11) is 10.9. The smallest absolute Gasteiger partial charge is 0.221 e. The Balaban J connectivity index is 1.63. The number of hydrogen-bond acceptors (Lipinski definition) is 8. The Kier molecular flexibility index (Phi) is 6.89. The fourth-order valence-corrected chi connectivity index (χ4v) is 6.57. The number of rotatable bonds is 7. The summed E-state index contributed by atoms with van der Waals surface area (Å²) >= 11 is 0. The van der Waals surface area contributed by atoms with E-state index in [9.17, 15) is 0 Å². The van der Waals surface area contributed by atoms with E-state index in [1.165, 1.54) is 0 Å². The minimum atomic E-state index is -0.209. The van der Waals surface area contributed by atoms with Crippen molar-refractivity contribution in [3.8, 4) is 11.5 Å². The first kappa shape index (κ1) is 22.8. The van der Waals surface area contributed by atoms with Crippen LogP contribution < -0.4 is 41.4 Å². The van der Waals surface area contributed by atoms with E-state index in [1.54, 1.807) is 35.8 Å². The largest absolute Gasteiger partial charge is 0.497 e. The van der Waals surface area contributed by atoms with Crippen molar-refractivity contribution in [1.82, 2.24) is 10.6 Å². The van der Waals surface area contributed by atoms with Crippen molar-refractivity contribution in [2.24, 2.45) is 11.5 Å². The van der Waals surface area contributed by atoms with Crippen LogP contribution in [-0.2, 0) is 0 Å². The van der Waals surface area contributed by atoms with Crippen molar-refractivity contribution in [3.63, 3.8) is 0 Å². The van der Waals surface area contributed by atoms with E-state index in [2.05, 4.69) is 24.7 Å². The molecular formula is C22H30N6O2S2+2. The standard InChI is InChI=1S/C22H28N6O2S2/c1-27-19(17(25-21(27)23)13-5-9-15(29-3)10-6-13)31-32-20-18(26-22(24)28(20)2)14-7-11-16(30-4)12-8-14/h5-12,21-22,25-26H,23-24H2,1-4H3/p+2. The Morgan fingerprint density at radius 3 is 1.34 bits per heavy atom. The van der Waals surface area contributed by atoms with E-state index < -0.39 is 0 Å². The van der Waals surface area contributed by atoms with Crippen molar-refractivity contribution in [2.75, 3.05) is 28.3 Å². The van der Waals surface area contributed by atoms with E-state index in [0.717, 1.165) is 53.9 Å². The molecule has 0 spiro atoms. The minimum absolute atomic E-state index is 0.209. The number of hydrogen-bond donors (Lipinski definition) is 6. The van der Waals surface area contributed by atoms with Gasteiger partial charge in [-0.3, -0.25) is 21.3 Å². The number of benzene rings is 2. The van der Waals surface area contributed by atoms with Gasteiger partial charge in [-0.1, -0.05) is 0 Å². The zero-order valence-electron chi connectivity index (χ0n) is 18.6. The summed E-state index contributed by atoms with van der Waals surface area (Å²) in [4.78, 5) is 2.24. The molecule has 0 amide bonds. The van der Waals surface area contributed by atoms with Gasteiger partial charge in [-0.15, -0.1) is 0 Å². The molecule has 0 aliphatic carbocycles. The molecule has 4 rings (SSSR count). The molecule has 0 fully saturated rings. The van der Waals surface area contributed by atoms with Crippen LogP contribution in [0, 0.1) is 0 Å². The molecule has 170 valence electrons. The molecule has 4 atom stereocenters. The molecule has 2 aromatic carbocycles. The van der Waals surface area contributed by atoms with E-state index in [-0.39, 0.29) is 12.6 Å². The average molecular weight is 475 g/mol. The van der Waals surface area contributed by atoms with Crippen molar-refractivity contribution in [1.29, 1.82) is 0 Å². The van der Waals surface area contributed by atoms with Crippen LogP contribution in [0.1, 0.15) is 11.1 Å². The van der Waals surface area contributed by atoms with E-state index >= 15 is 0 Å². The van der Waals surface area contributed by atoms with Gasteiger partial charge in [-0.25, -0.2) is 0 Å². The summed E-state index contributed by atoms with van der Waals surface area (Å²) in [6.07, 6.45) is -0.418. The molecule has 2 aromatic rings. The highest BCUT2D eigenvalue weighted by Gasteiger charge is 2.37. The molecule has 8 N–H and O–H groups in total. The van der Waals surface area contributed by atoms with Gasteiger partial charge in [0.2, 0.25) is 22.6 Å². The third-order valence-corrected chi connectivity index (χ3v) is 8.39. The monoisotopic (exact) mass is 474 g/mol. The SMILES string of the molecule is COc1ccc(C2=C(SSC3=C(c4ccc(OC)cc4)NC(N)[NH+]3C)[NH+](C)C(N)N2)cc1. The molecule has 4 unspecified atom stereocenters. The highest BCUT2D eigenvalue weighted by molar-refractivity contribution is 8.79. The summed E-state index contributed by atoms with van der Waals surface area (Å²) in [6.45, 7) is 0. The van der Waals surface area contributed by atoms with E-state index in [0.29, 0.717) is 0 Å². The van der Waals surface area contributed by atoms with Gasteiger partial charge in [-0.2, -0.15) is 0 Å². The topological polar surface area (TPSA) is 103 Å². The maximum atomic E-state index is 6.33. The maximum Gasteiger partial charge on any atom is 0.221 e. The second-order valence-corrected chi connectivity index (χ2v) is 9.79. The molecule has 2 aliphatic rings. The molecule has 8 nitrogen and oxygen atoms in total. The fourth-order valence-electron chi connectivity index (χ4n) is 3.58. The Morgan fingerprint density at radius 1 is 0.688 bits per heavy atom. The third-order valence-electron chi connectivity index (χ3n) is 5.67. The lowest BCUT2D eigenvalue weighted by Gasteiger charge is -2.15. The summed E-state index contributed by atoms with van der Waals surface area (Å²) < 4.78 is 10.6. The summed E-state index contributed by atoms with van der Waals surface area (Å²) in [6, 6.07) is 16.0. The van der Waals surface area contributed by atoms with Crippen molar-refractivity contribution in [2.45, 2.75) is 12.6 Å². The van der Waals surface area contributed by atoms with Gasteiger partial charge in [0.1, 0.15) is 22.9 Å². The molecule has 2 aliphatic heterocycles. The highest BCUT2D eigenvalue weighted by Crippen LogP contribution is 2.39. The zero-order chi connectivity index (χ0) is 22.8. The molecule has 10 heteroatoms. The van der Waals surface area contributed by atoms with Crippen LogP contribution in [0.5, 0.6) is 11.5 Å². The highest BCUT2D eigenvalue weighted by atomic mass is 33.1. The number of quaternary nitrogens is 2. The predicted octanol–water partition coefficient (Wildman–Crippen LogP) is -0.242. The van der Waals surface area contributed by atoms with Crippen LogP contribution in [0.25, 0.3) is 11.4 Å². The van der Waals surface area contributed by atoms with Crippen molar-refractivity contribution in [3.05, 3.63) is 69.7 Å². The van der Waals surface area contributed by atoms with Gasteiger partial charge in [0.25, 0.3) is 0 Å². The predicted molar refractivity (Wildman–Crippen MR) is 131 cm³/mol. The normalized spacial score (nSPS) is 25.1. The average Bonchev–Trinajstić information content (AvgIpc) is 3.27. The third kappa shape index (κ3) is 4.42. The molecule has 0 saturated carbocycles. The van der Waals surface area contributed by atoms with Crippen LogP contribution >= 0.6 is 21.6 Å². The van der Waals surface area contributed by atoms with Crippen LogP contribution in [0.4, 0.5) is 0 Å². The summed E-state index contributed by atoms with van der Waals surface area (Å²) in [5.74, 6) is 1.65. The van der Waals surface area contributed by atoms with Crippen LogP contribution in [0.2, 0.25) is 0 Å². The Morgan fingerprint density at radius 2 is 1.03 bits per heavy atom. The lowest BCUT2D eigenvalue weighted by atomic mass is 10.1. The van der Waals surface area contributed by atoms with Gasteiger partial charge < -0.3 is 20.1 Å². The molecule has 0 radical (unpaired) electrons. The second-order valence-electron chi connectivity index (χ2n) is 7.64. The summed E-state index contributed by atoms with van der Waals surface area (Å²) in [5, 5.41) is 9.14. The quantitative estimate of drug-likeness (QED) is 0.306. The maximum absolute atomic E-state index is 6.33. The molecule has 32 heavy (non-hydrogen) atoms. The molecule has 0 saturated heterocycles. The first-order chi connectivity index (χ1) is 15.4. The summed E-state index contributed by atoms with van der Waals surface area (Å²) in [5.41, 5.74) is 16.9. The molecule has 0 aromatic heterocycles. The molecule has 2 heterocycles. The molecule has 0 bridgehead atoms. The van der Waals surface area contributed by atoms with Crippen LogP contribution in [-0.4, -0.2) is 40.9 Å². The van der Waals surface area contributed by atoms with E-state index in [1.807, 2.05) is 48.5 Å². The van der Waals surface area contributed by atoms with Gasteiger partial charge >= 0.3 is 0 Å². The number of ether oxygens (including phenoxy) is 2.